The van der Waals surface area contributed by atoms with Crippen molar-refractivity contribution in [2.75, 3.05) is 13.7 Å². The number of carbonyl (C=O) groups is 1. The van der Waals surface area contributed by atoms with E-state index in [-0.39, 0.29) is 23.0 Å². The summed E-state index contributed by atoms with van der Waals surface area (Å²) in [6.07, 6.45) is 31.8. The number of esters is 1. The molecule has 0 aliphatic heterocycles. The van der Waals surface area contributed by atoms with Crippen molar-refractivity contribution in [1.29, 1.82) is 0 Å². The molecule has 0 aromatic heterocycles. The highest BCUT2D eigenvalue weighted by atomic mass is 28.4. The third kappa shape index (κ3) is 22.5. The van der Waals surface area contributed by atoms with Crippen LogP contribution < -0.4 is 0 Å². The van der Waals surface area contributed by atoms with Crippen LogP contribution in [0.3, 0.4) is 0 Å². The number of hydrogen-bond donors (Lipinski definition) is 0. The van der Waals surface area contributed by atoms with Gasteiger partial charge in [-0.25, -0.2) is 0 Å². The van der Waals surface area contributed by atoms with E-state index in [2.05, 4.69) is 52.9 Å². The van der Waals surface area contributed by atoms with Crippen LogP contribution in [0.1, 0.15) is 187 Å². The summed E-state index contributed by atoms with van der Waals surface area (Å²) in [4.78, 5) is 13.1. The Bertz CT molecular complexity index is 865. The molecule has 4 nitrogen and oxygen atoms in total. The van der Waals surface area contributed by atoms with E-state index in [1.54, 1.807) is 0 Å². The topological polar surface area (TPSA) is 44.8 Å². The lowest BCUT2D eigenvalue weighted by molar-refractivity contribution is -0.150. The van der Waals surface area contributed by atoms with Crippen LogP contribution in [0.2, 0.25) is 18.1 Å². The molecule has 2 atom stereocenters. The zero-order valence-corrected chi connectivity index (χ0v) is 34.1. The maximum Gasteiger partial charge on any atom is 0.311 e. The molecular formula is C43H80O4Si. The van der Waals surface area contributed by atoms with Crippen LogP contribution in [0.15, 0.2) is 30.3 Å². The van der Waals surface area contributed by atoms with E-state index in [1.165, 1.54) is 148 Å². The first kappa shape index (κ1) is 44.8. The van der Waals surface area contributed by atoms with Crippen LogP contribution in [-0.4, -0.2) is 34.1 Å². The molecule has 0 saturated heterocycles. The zero-order valence-electron chi connectivity index (χ0n) is 33.1. The summed E-state index contributed by atoms with van der Waals surface area (Å²) in [5.74, 6) is -0.375. The molecule has 0 aliphatic rings. The van der Waals surface area contributed by atoms with Crippen molar-refractivity contribution in [2.24, 2.45) is 5.92 Å². The standard InChI is InChI=1S/C43H80O4Si/c1-8-9-10-11-12-13-14-15-16-17-18-19-20-21-22-23-24-25-26-27-28-32-35-40(42(44)45-5)41(47-48(6,7)43(2,3)4)36-37-46-38-39-33-30-29-31-34-39/h29-31,33-34,40-41H,8-28,32,35-38H2,1-7H3/t40?,41-/m1/s1. The maximum atomic E-state index is 13.1. The lowest BCUT2D eigenvalue weighted by Crippen LogP contribution is -2.47. The van der Waals surface area contributed by atoms with Gasteiger partial charge in [-0.2, -0.15) is 0 Å². The predicted octanol–water partition coefficient (Wildman–Crippen LogP) is 13.8. The van der Waals surface area contributed by atoms with Crippen molar-refractivity contribution in [1.82, 2.24) is 0 Å². The van der Waals surface area contributed by atoms with Gasteiger partial charge in [0.15, 0.2) is 8.32 Å². The molecule has 0 radical (unpaired) electrons. The Morgan fingerprint density at radius 1 is 0.646 bits per heavy atom. The Kier molecular flexibility index (Phi) is 26.6. The van der Waals surface area contributed by atoms with Gasteiger partial charge in [0.2, 0.25) is 0 Å². The fourth-order valence-electron chi connectivity index (χ4n) is 6.44. The van der Waals surface area contributed by atoms with Gasteiger partial charge in [0.05, 0.1) is 25.7 Å². The molecule has 48 heavy (non-hydrogen) atoms. The lowest BCUT2D eigenvalue weighted by Gasteiger charge is -2.41. The number of rotatable bonds is 32. The normalized spacial score (nSPS) is 13.5. The molecule has 280 valence electrons. The van der Waals surface area contributed by atoms with Crippen LogP contribution in [0.25, 0.3) is 0 Å². The Morgan fingerprint density at radius 2 is 1.06 bits per heavy atom. The molecule has 0 aliphatic carbocycles. The second-order valence-electron chi connectivity index (χ2n) is 16.1. The van der Waals surface area contributed by atoms with E-state index in [0.717, 1.165) is 12.8 Å². The largest absolute Gasteiger partial charge is 0.469 e. The molecule has 0 amide bonds. The molecule has 0 fully saturated rings. The van der Waals surface area contributed by atoms with Gasteiger partial charge in [0, 0.05) is 6.61 Å². The first-order chi connectivity index (χ1) is 23.1. The van der Waals surface area contributed by atoms with Crippen LogP contribution in [-0.2, 0) is 25.3 Å². The van der Waals surface area contributed by atoms with Crippen molar-refractivity contribution in [3.8, 4) is 0 Å². The van der Waals surface area contributed by atoms with Gasteiger partial charge in [-0.05, 0) is 36.5 Å². The Hall–Kier alpha value is -1.17. The second kappa shape index (κ2) is 28.5. The van der Waals surface area contributed by atoms with E-state index in [9.17, 15) is 4.79 Å². The van der Waals surface area contributed by atoms with Gasteiger partial charge < -0.3 is 13.9 Å². The van der Waals surface area contributed by atoms with Crippen LogP contribution in [0.5, 0.6) is 0 Å². The predicted molar refractivity (Wildman–Crippen MR) is 210 cm³/mol. The van der Waals surface area contributed by atoms with Gasteiger partial charge in [-0.15, -0.1) is 0 Å². The van der Waals surface area contributed by atoms with Crippen molar-refractivity contribution >= 4 is 14.3 Å². The monoisotopic (exact) mass is 689 g/mol. The number of ether oxygens (including phenoxy) is 2. The van der Waals surface area contributed by atoms with E-state index in [4.69, 9.17) is 13.9 Å². The molecule has 0 saturated carbocycles. The molecule has 1 aromatic carbocycles. The van der Waals surface area contributed by atoms with Crippen LogP contribution >= 0.6 is 0 Å². The average molecular weight is 689 g/mol. The van der Waals surface area contributed by atoms with Gasteiger partial charge >= 0.3 is 5.97 Å². The molecule has 0 spiro atoms. The molecule has 1 unspecified atom stereocenters. The molecule has 1 aromatic rings. The highest BCUT2D eigenvalue weighted by Crippen LogP contribution is 2.39. The van der Waals surface area contributed by atoms with Crippen molar-refractivity contribution in [2.45, 2.75) is 213 Å². The summed E-state index contributed by atoms with van der Waals surface area (Å²) < 4.78 is 18.3. The van der Waals surface area contributed by atoms with Crippen LogP contribution in [0, 0.1) is 5.92 Å². The van der Waals surface area contributed by atoms with Crippen molar-refractivity contribution in [3.63, 3.8) is 0 Å². The molecular weight excluding hydrogens is 609 g/mol. The molecule has 1 rings (SSSR count). The highest BCUT2D eigenvalue weighted by Gasteiger charge is 2.42. The average Bonchev–Trinajstić information content (AvgIpc) is 3.06. The van der Waals surface area contributed by atoms with Gasteiger partial charge in [0.1, 0.15) is 0 Å². The third-order valence-corrected chi connectivity index (χ3v) is 15.2. The van der Waals surface area contributed by atoms with Crippen molar-refractivity contribution in [3.05, 3.63) is 35.9 Å². The van der Waals surface area contributed by atoms with Gasteiger partial charge in [0.25, 0.3) is 0 Å². The molecule has 0 bridgehead atoms. The molecule has 0 N–H and O–H groups in total. The number of carbonyl (C=O) groups excluding carboxylic acids is 1. The summed E-state index contributed by atoms with van der Waals surface area (Å²) in [5, 5.41) is 0.0727. The smallest absolute Gasteiger partial charge is 0.311 e. The number of hydrogen-bond acceptors (Lipinski definition) is 4. The number of unbranched alkanes of at least 4 members (excludes halogenated alkanes) is 21. The Morgan fingerprint density at radius 3 is 1.46 bits per heavy atom. The number of methoxy groups -OCH3 is 1. The van der Waals surface area contributed by atoms with Gasteiger partial charge in [-0.3, -0.25) is 4.79 Å². The molecule has 5 heteroatoms. The Labute approximate surface area is 300 Å². The second-order valence-corrected chi connectivity index (χ2v) is 20.8. The maximum absolute atomic E-state index is 13.1. The first-order valence-corrected chi connectivity index (χ1v) is 23.4. The highest BCUT2D eigenvalue weighted by molar-refractivity contribution is 6.74. The van der Waals surface area contributed by atoms with Crippen LogP contribution in [0.4, 0.5) is 0 Å². The fourth-order valence-corrected chi connectivity index (χ4v) is 7.83. The van der Waals surface area contributed by atoms with E-state index in [0.29, 0.717) is 19.6 Å². The quantitative estimate of drug-likeness (QED) is 0.0429. The lowest BCUT2D eigenvalue weighted by atomic mass is 9.93. The summed E-state index contributed by atoms with van der Waals surface area (Å²) >= 11 is 0. The summed E-state index contributed by atoms with van der Waals surface area (Å²) in [6, 6.07) is 10.3. The zero-order chi connectivity index (χ0) is 35.4. The SMILES string of the molecule is CCCCCCCCCCCCCCCCCCCCCCCCC(C(=O)OC)[C@@H](CCOCc1ccccc1)O[Si](C)(C)C(C)(C)C. The third-order valence-electron chi connectivity index (χ3n) is 10.7. The summed E-state index contributed by atoms with van der Waals surface area (Å²) in [6.45, 7) is 14.8. The van der Waals surface area contributed by atoms with Crippen molar-refractivity contribution < 1.29 is 18.7 Å². The van der Waals surface area contributed by atoms with E-state index < -0.39 is 8.32 Å². The minimum atomic E-state index is -2.08. The number of benzene rings is 1. The van der Waals surface area contributed by atoms with E-state index >= 15 is 0 Å². The minimum absolute atomic E-state index is 0.0727. The first-order valence-electron chi connectivity index (χ1n) is 20.5. The minimum Gasteiger partial charge on any atom is -0.469 e. The summed E-state index contributed by atoms with van der Waals surface area (Å²) in [7, 11) is -0.558. The molecule has 0 heterocycles. The Balaban J connectivity index is 2.23. The van der Waals surface area contributed by atoms with Gasteiger partial charge in [-0.1, -0.05) is 199 Å². The van der Waals surface area contributed by atoms with E-state index in [1.807, 2.05) is 18.2 Å². The summed E-state index contributed by atoms with van der Waals surface area (Å²) in [5.41, 5.74) is 1.17. The fraction of sp³-hybridized carbons (Fsp3) is 0.837.